The van der Waals surface area contributed by atoms with Gasteiger partial charge in [-0.1, -0.05) is 23.7 Å². The van der Waals surface area contributed by atoms with Crippen LogP contribution in [0.25, 0.3) is 0 Å². The van der Waals surface area contributed by atoms with Gasteiger partial charge in [0.15, 0.2) is 0 Å². The second kappa shape index (κ2) is 10.8. The first-order chi connectivity index (χ1) is 17.0. The number of benzene rings is 1. The molecule has 1 saturated carbocycles. The molecule has 5 rings (SSSR count). The number of anilines is 1. The third kappa shape index (κ3) is 5.47. The van der Waals surface area contributed by atoms with Crippen molar-refractivity contribution in [3.05, 3.63) is 74.3 Å². The van der Waals surface area contributed by atoms with Crippen LogP contribution in [-0.4, -0.2) is 39.2 Å². The largest absolute Gasteiger partial charge is 0.368 e. The highest BCUT2D eigenvalue weighted by Gasteiger charge is 2.29. The Hall–Kier alpha value is -2.21. The molecule has 3 aromatic rings. The van der Waals surface area contributed by atoms with Gasteiger partial charge in [-0.05, 0) is 60.9 Å². The molecule has 0 amide bonds. The molecule has 0 saturated heterocycles. The normalized spacial score (nSPS) is 22.5. The first kappa shape index (κ1) is 24.5. The van der Waals surface area contributed by atoms with Crippen molar-refractivity contribution in [3.8, 4) is 0 Å². The van der Waals surface area contributed by atoms with Crippen molar-refractivity contribution >= 4 is 45.8 Å². The lowest BCUT2D eigenvalue weighted by Crippen LogP contribution is -2.20. The van der Waals surface area contributed by atoms with Gasteiger partial charge in [0.1, 0.15) is 18.2 Å². The summed E-state index contributed by atoms with van der Waals surface area (Å²) in [5, 5.41) is 9.33. The number of hydrogen-bond donors (Lipinski definition) is 2. The Morgan fingerprint density at radius 1 is 1.31 bits per heavy atom. The standard InChI is InChI=1S/C24H25ClN4O4S2/c25-19-3-1-2-17-16(19)8-9-32-23(17)21-7-6-20(34-21)22(30)18-11-27-13-28-24(18)29-15-5-4-14(10-15)12-33-35(26)31/h1-3,6-7,11,13-15,23H,4-5,8-10,12,26H2,(H,27,28,29). The van der Waals surface area contributed by atoms with Crippen LogP contribution >= 0.6 is 22.9 Å². The maximum atomic E-state index is 13.4. The number of nitrogens with zero attached hydrogens (tertiary/aromatic N) is 2. The molecule has 1 aliphatic carbocycles. The molecule has 0 radical (unpaired) electrons. The van der Waals surface area contributed by atoms with Crippen molar-refractivity contribution in [2.75, 3.05) is 18.5 Å². The molecule has 0 spiro atoms. The molecule has 4 unspecified atom stereocenters. The summed E-state index contributed by atoms with van der Waals surface area (Å²) in [6, 6.07) is 9.76. The van der Waals surface area contributed by atoms with Gasteiger partial charge in [-0.2, -0.15) is 0 Å². The van der Waals surface area contributed by atoms with E-state index in [0.29, 0.717) is 29.5 Å². The zero-order valence-electron chi connectivity index (χ0n) is 18.8. The highest BCUT2D eigenvalue weighted by atomic mass is 35.5. The highest BCUT2D eigenvalue weighted by Crippen LogP contribution is 2.39. The molecule has 3 N–H and O–H groups in total. The molecular formula is C24H25ClN4O4S2. The van der Waals surface area contributed by atoms with E-state index in [1.165, 1.54) is 17.7 Å². The van der Waals surface area contributed by atoms with E-state index in [1.807, 2.05) is 30.3 Å². The van der Waals surface area contributed by atoms with Crippen molar-refractivity contribution in [1.82, 2.24) is 9.97 Å². The lowest BCUT2D eigenvalue weighted by molar-refractivity contribution is 0.0722. The lowest BCUT2D eigenvalue weighted by atomic mass is 9.96. The summed E-state index contributed by atoms with van der Waals surface area (Å²) in [6.45, 7) is 0.935. The third-order valence-electron chi connectivity index (χ3n) is 6.44. The van der Waals surface area contributed by atoms with Gasteiger partial charge in [0.05, 0.1) is 23.7 Å². The van der Waals surface area contributed by atoms with Gasteiger partial charge in [-0.15, -0.1) is 11.3 Å². The van der Waals surface area contributed by atoms with Gasteiger partial charge in [0.2, 0.25) is 17.0 Å². The Morgan fingerprint density at radius 2 is 2.20 bits per heavy atom. The Morgan fingerprint density at radius 3 is 3.06 bits per heavy atom. The summed E-state index contributed by atoms with van der Waals surface area (Å²) in [5.41, 5.74) is 2.58. The van der Waals surface area contributed by atoms with Crippen molar-refractivity contribution in [1.29, 1.82) is 0 Å². The molecule has 3 heterocycles. The van der Waals surface area contributed by atoms with Crippen LogP contribution in [0.2, 0.25) is 5.02 Å². The number of carbonyl (C=O) groups excluding carboxylic acids is 1. The predicted molar refractivity (Wildman–Crippen MR) is 136 cm³/mol. The minimum absolute atomic E-state index is 0.132. The predicted octanol–water partition coefficient (Wildman–Crippen LogP) is 4.22. The molecule has 35 heavy (non-hydrogen) atoms. The zero-order valence-corrected chi connectivity index (χ0v) is 21.2. The number of carbonyl (C=O) groups is 1. The average molecular weight is 533 g/mol. The molecule has 1 aliphatic heterocycles. The monoisotopic (exact) mass is 532 g/mol. The molecule has 2 aromatic heterocycles. The van der Waals surface area contributed by atoms with E-state index in [0.717, 1.165) is 46.7 Å². The van der Waals surface area contributed by atoms with Crippen LogP contribution < -0.4 is 10.5 Å². The van der Waals surface area contributed by atoms with E-state index in [4.69, 9.17) is 25.7 Å². The van der Waals surface area contributed by atoms with Crippen molar-refractivity contribution in [2.24, 2.45) is 11.1 Å². The number of nitrogens with two attached hydrogens (primary N) is 1. The van der Waals surface area contributed by atoms with E-state index in [9.17, 15) is 9.00 Å². The molecule has 1 fully saturated rings. The van der Waals surface area contributed by atoms with Crippen LogP contribution in [0.15, 0.2) is 42.9 Å². The van der Waals surface area contributed by atoms with Crippen LogP contribution in [0.5, 0.6) is 0 Å². The fourth-order valence-corrected chi connectivity index (χ4v) is 6.40. The second-order valence-electron chi connectivity index (χ2n) is 8.69. The number of nitrogens with one attached hydrogen (secondary N) is 1. The van der Waals surface area contributed by atoms with E-state index >= 15 is 0 Å². The number of halogens is 1. The third-order valence-corrected chi connectivity index (χ3v) is 8.29. The maximum Gasteiger partial charge on any atom is 0.231 e. The number of fused-ring (bicyclic) bond motifs is 1. The van der Waals surface area contributed by atoms with Gasteiger partial charge in [0.25, 0.3) is 0 Å². The molecular weight excluding hydrogens is 508 g/mol. The lowest BCUT2D eigenvalue weighted by Gasteiger charge is -2.26. The molecule has 11 heteroatoms. The molecule has 8 nitrogen and oxygen atoms in total. The maximum absolute atomic E-state index is 13.4. The van der Waals surface area contributed by atoms with Crippen LogP contribution in [-0.2, 0) is 26.6 Å². The smallest absolute Gasteiger partial charge is 0.231 e. The number of aromatic nitrogens is 2. The minimum Gasteiger partial charge on any atom is -0.368 e. The van der Waals surface area contributed by atoms with Crippen molar-refractivity contribution in [3.63, 3.8) is 0 Å². The van der Waals surface area contributed by atoms with Gasteiger partial charge in [0, 0.05) is 22.1 Å². The van der Waals surface area contributed by atoms with Gasteiger partial charge in [-0.25, -0.2) is 19.3 Å². The summed E-state index contributed by atoms with van der Waals surface area (Å²) in [5.74, 6) is 0.635. The van der Waals surface area contributed by atoms with Gasteiger partial charge in [-0.3, -0.25) is 8.98 Å². The first-order valence-electron chi connectivity index (χ1n) is 11.4. The van der Waals surface area contributed by atoms with Crippen LogP contribution in [0, 0.1) is 5.92 Å². The summed E-state index contributed by atoms with van der Waals surface area (Å²) in [4.78, 5) is 23.4. The van der Waals surface area contributed by atoms with Gasteiger partial charge >= 0.3 is 0 Å². The van der Waals surface area contributed by atoms with Crippen molar-refractivity contribution in [2.45, 2.75) is 37.8 Å². The molecule has 0 bridgehead atoms. The topological polar surface area (TPSA) is 116 Å². The molecule has 184 valence electrons. The molecule has 2 aliphatic rings. The number of ketones is 1. The summed E-state index contributed by atoms with van der Waals surface area (Å²) in [6.07, 6.45) is 6.15. The average Bonchev–Trinajstić information content (AvgIpc) is 3.53. The fourth-order valence-electron chi connectivity index (χ4n) is 4.76. The first-order valence-corrected chi connectivity index (χ1v) is 13.7. The van der Waals surface area contributed by atoms with E-state index in [1.54, 1.807) is 6.20 Å². The number of thiophene rings is 1. The fraction of sp³-hybridized carbons (Fsp3) is 0.375. The van der Waals surface area contributed by atoms with Crippen LogP contribution in [0.3, 0.4) is 0 Å². The van der Waals surface area contributed by atoms with Crippen LogP contribution in [0.4, 0.5) is 5.82 Å². The Labute approximate surface area is 215 Å². The summed E-state index contributed by atoms with van der Waals surface area (Å²) in [7, 11) is 0. The number of rotatable bonds is 8. The summed E-state index contributed by atoms with van der Waals surface area (Å²) >= 11 is 6.06. The number of hydrogen-bond acceptors (Lipinski definition) is 8. The minimum atomic E-state index is -1.76. The van der Waals surface area contributed by atoms with Crippen molar-refractivity contribution < 1.29 is 17.9 Å². The Bertz CT molecular complexity index is 1250. The SMILES string of the molecule is NS(=O)OCC1CCC(Nc2ncncc2C(=O)c2ccc(C3OCCc4c(Cl)cccc43)s2)C1. The van der Waals surface area contributed by atoms with E-state index < -0.39 is 11.3 Å². The molecule has 1 aromatic carbocycles. The number of ether oxygens (including phenoxy) is 1. The van der Waals surface area contributed by atoms with E-state index in [-0.39, 0.29) is 23.8 Å². The zero-order chi connectivity index (χ0) is 24.4. The Kier molecular flexibility index (Phi) is 7.56. The molecule has 4 atom stereocenters. The quantitative estimate of drug-likeness (QED) is 0.417. The van der Waals surface area contributed by atoms with Gasteiger partial charge < -0.3 is 10.1 Å². The van der Waals surface area contributed by atoms with E-state index in [2.05, 4.69) is 15.3 Å². The highest BCUT2D eigenvalue weighted by molar-refractivity contribution is 7.77. The summed E-state index contributed by atoms with van der Waals surface area (Å²) < 4.78 is 22.1. The second-order valence-corrected chi connectivity index (χ2v) is 11.0. The van der Waals surface area contributed by atoms with Crippen LogP contribution in [0.1, 0.15) is 56.6 Å². The Balaban J connectivity index is 1.32.